The van der Waals surface area contributed by atoms with Crippen LogP contribution in [0, 0.1) is 23.2 Å². The van der Waals surface area contributed by atoms with E-state index in [4.69, 9.17) is 10.5 Å². The van der Waals surface area contributed by atoms with Gasteiger partial charge >= 0.3 is 6.09 Å². The number of piperidine rings is 1. The third-order valence-corrected chi connectivity index (χ3v) is 8.68. The van der Waals surface area contributed by atoms with E-state index in [1.807, 2.05) is 20.8 Å². The Morgan fingerprint density at radius 3 is 2.22 bits per heavy atom. The Hall–Kier alpha value is -3.18. The predicted molar refractivity (Wildman–Crippen MR) is 150 cm³/mol. The predicted octanol–water partition coefficient (Wildman–Crippen LogP) is 1.40. The van der Waals surface area contributed by atoms with Gasteiger partial charge in [0.25, 0.3) is 5.91 Å². The molecule has 5 N–H and O–H groups in total. The second-order valence-corrected chi connectivity index (χ2v) is 13.3. The van der Waals surface area contributed by atoms with Crippen molar-refractivity contribution in [2.24, 2.45) is 28.9 Å². The van der Waals surface area contributed by atoms with Crippen LogP contribution in [0.25, 0.3) is 0 Å². The van der Waals surface area contributed by atoms with Crippen LogP contribution < -0.4 is 21.7 Å². The van der Waals surface area contributed by atoms with Gasteiger partial charge in [-0.15, -0.1) is 0 Å². The number of ketones is 1. The SMILES string of the molecule is CCCC(NC(=O)[C@@H]1[C@@H]2[C@H](CN1C(=O)[C@@H](NC(=O)OC(C)(C)C)C1CCCCC1)C2(C)C)C(=O)C(=O)NCC(N)=O. The minimum Gasteiger partial charge on any atom is -0.444 e. The van der Waals surface area contributed by atoms with Crippen LogP contribution >= 0.6 is 0 Å². The first-order valence-corrected chi connectivity index (χ1v) is 14.8. The van der Waals surface area contributed by atoms with E-state index in [1.165, 1.54) is 0 Å². The maximum Gasteiger partial charge on any atom is 0.408 e. The van der Waals surface area contributed by atoms with E-state index in [9.17, 15) is 28.8 Å². The summed E-state index contributed by atoms with van der Waals surface area (Å²) in [6.07, 6.45) is 4.56. The van der Waals surface area contributed by atoms with Crippen molar-refractivity contribution in [3.05, 3.63) is 0 Å². The number of fused-ring (bicyclic) bond motifs is 1. The Labute approximate surface area is 242 Å². The summed E-state index contributed by atoms with van der Waals surface area (Å²) in [5.41, 5.74) is 4.14. The maximum atomic E-state index is 14.1. The van der Waals surface area contributed by atoms with Crippen molar-refractivity contribution < 1.29 is 33.5 Å². The molecule has 1 saturated heterocycles. The van der Waals surface area contributed by atoms with Crippen LogP contribution in [0.5, 0.6) is 0 Å². The van der Waals surface area contributed by atoms with Crippen molar-refractivity contribution in [2.75, 3.05) is 13.1 Å². The van der Waals surface area contributed by atoms with E-state index in [0.29, 0.717) is 13.0 Å². The number of hydrogen-bond donors (Lipinski definition) is 4. The van der Waals surface area contributed by atoms with Gasteiger partial charge in [0.2, 0.25) is 23.5 Å². The van der Waals surface area contributed by atoms with Crippen LogP contribution in [-0.4, -0.2) is 77.2 Å². The summed E-state index contributed by atoms with van der Waals surface area (Å²) < 4.78 is 5.47. The summed E-state index contributed by atoms with van der Waals surface area (Å²) in [4.78, 5) is 78.5. The van der Waals surface area contributed by atoms with E-state index in [-0.39, 0.29) is 35.5 Å². The number of carbonyl (C=O) groups excluding carboxylic acids is 6. The number of ether oxygens (including phenoxy) is 1. The van der Waals surface area contributed by atoms with Crippen LogP contribution in [0.15, 0.2) is 0 Å². The van der Waals surface area contributed by atoms with Gasteiger partial charge in [-0.2, -0.15) is 0 Å². The number of rotatable bonds is 11. The molecule has 0 aromatic heterocycles. The lowest BCUT2D eigenvalue weighted by Crippen LogP contribution is -2.60. The van der Waals surface area contributed by atoms with Crippen LogP contribution in [0.2, 0.25) is 0 Å². The van der Waals surface area contributed by atoms with Crippen molar-refractivity contribution >= 4 is 35.5 Å². The van der Waals surface area contributed by atoms with Crippen molar-refractivity contribution in [1.82, 2.24) is 20.9 Å². The first kappa shape index (κ1) is 32.3. The Morgan fingerprint density at radius 1 is 1.02 bits per heavy atom. The molecule has 1 aliphatic heterocycles. The number of amides is 5. The lowest BCUT2D eigenvalue weighted by molar-refractivity contribution is -0.145. The van der Waals surface area contributed by atoms with Crippen molar-refractivity contribution in [3.8, 4) is 0 Å². The Balaban J connectivity index is 1.83. The lowest BCUT2D eigenvalue weighted by atomic mass is 9.83. The zero-order valence-electron chi connectivity index (χ0n) is 25.2. The fourth-order valence-corrected chi connectivity index (χ4v) is 6.50. The normalized spacial score (nSPS) is 24.8. The zero-order valence-corrected chi connectivity index (χ0v) is 25.2. The summed E-state index contributed by atoms with van der Waals surface area (Å²) in [7, 11) is 0. The summed E-state index contributed by atoms with van der Waals surface area (Å²) in [5.74, 6) is -3.64. The number of nitrogens with one attached hydrogen (secondary N) is 3. The highest BCUT2D eigenvalue weighted by Gasteiger charge is 2.69. The highest BCUT2D eigenvalue weighted by molar-refractivity contribution is 6.38. The average Bonchev–Trinajstić information content (AvgIpc) is 3.21. The van der Waals surface area contributed by atoms with E-state index < -0.39 is 59.9 Å². The fourth-order valence-electron chi connectivity index (χ4n) is 6.50. The Bertz CT molecular complexity index is 1050. The Morgan fingerprint density at radius 2 is 1.66 bits per heavy atom. The van der Waals surface area contributed by atoms with Crippen LogP contribution in [-0.2, 0) is 28.7 Å². The highest BCUT2D eigenvalue weighted by atomic mass is 16.6. The van der Waals surface area contributed by atoms with Gasteiger partial charge in [0.05, 0.1) is 12.6 Å². The Kier molecular flexibility index (Phi) is 10.1. The quantitative estimate of drug-likeness (QED) is 0.268. The average molecular weight is 578 g/mol. The third kappa shape index (κ3) is 7.77. The highest BCUT2D eigenvalue weighted by Crippen LogP contribution is 2.65. The lowest BCUT2D eigenvalue weighted by Gasteiger charge is -2.37. The van der Waals surface area contributed by atoms with Gasteiger partial charge in [-0.1, -0.05) is 46.5 Å². The molecule has 1 heterocycles. The molecule has 2 saturated carbocycles. The molecule has 1 unspecified atom stereocenters. The van der Waals surface area contributed by atoms with Gasteiger partial charge in [-0.25, -0.2) is 4.79 Å². The number of hydrogen-bond acceptors (Lipinski definition) is 7. The summed E-state index contributed by atoms with van der Waals surface area (Å²) in [6.45, 7) is 11.0. The molecular formula is C29H47N5O7. The summed E-state index contributed by atoms with van der Waals surface area (Å²) >= 11 is 0. The van der Waals surface area contributed by atoms with Gasteiger partial charge in [0, 0.05) is 6.54 Å². The molecule has 5 amide bonds. The number of carbonyl (C=O) groups is 6. The second kappa shape index (κ2) is 12.8. The minimum absolute atomic E-state index is 0.0826. The molecule has 12 nitrogen and oxygen atoms in total. The topological polar surface area (TPSA) is 177 Å². The van der Waals surface area contributed by atoms with E-state index in [2.05, 4.69) is 16.0 Å². The van der Waals surface area contributed by atoms with Crippen molar-refractivity contribution in [1.29, 1.82) is 0 Å². The van der Waals surface area contributed by atoms with E-state index in [1.54, 1.807) is 25.7 Å². The molecule has 2 aliphatic carbocycles. The summed E-state index contributed by atoms with van der Waals surface area (Å²) in [5, 5.41) is 7.72. The van der Waals surface area contributed by atoms with Crippen LogP contribution in [0.3, 0.4) is 0 Å². The van der Waals surface area contributed by atoms with Gasteiger partial charge in [-0.3, -0.25) is 24.0 Å². The van der Waals surface area contributed by atoms with E-state index >= 15 is 0 Å². The fraction of sp³-hybridized carbons (Fsp3) is 0.793. The van der Waals surface area contributed by atoms with E-state index in [0.717, 1.165) is 32.1 Å². The van der Waals surface area contributed by atoms with Crippen LogP contribution in [0.1, 0.15) is 86.5 Å². The first-order chi connectivity index (χ1) is 19.1. The number of nitrogens with zero attached hydrogens (tertiary/aromatic N) is 1. The van der Waals surface area contributed by atoms with Crippen molar-refractivity contribution in [3.63, 3.8) is 0 Å². The molecule has 0 bridgehead atoms. The number of likely N-dealkylation sites (tertiary alicyclic amines) is 1. The third-order valence-electron chi connectivity index (χ3n) is 8.68. The smallest absolute Gasteiger partial charge is 0.408 e. The molecule has 41 heavy (non-hydrogen) atoms. The largest absolute Gasteiger partial charge is 0.444 e. The number of Topliss-reactive ketones (excluding diaryl/α,β-unsaturated/α-hetero) is 1. The molecule has 3 aliphatic rings. The molecule has 12 heteroatoms. The molecular weight excluding hydrogens is 530 g/mol. The van der Waals surface area contributed by atoms with Gasteiger partial charge < -0.3 is 31.3 Å². The number of alkyl carbamates (subject to hydrolysis) is 1. The number of nitrogens with two attached hydrogens (primary N) is 1. The monoisotopic (exact) mass is 577 g/mol. The molecule has 0 aromatic carbocycles. The molecule has 0 spiro atoms. The molecule has 5 atom stereocenters. The minimum atomic E-state index is -1.12. The van der Waals surface area contributed by atoms with Crippen molar-refractivity contribution in [2.45, 2.75) is 110 Å². The van der Waals surface area contributed by atoms with Gasteiger partial charge in [0.1, 0.15) is 17.7 Å². The first-order valence-electron chi connectivity index (χ1n) is 14.8. The van der Waals surface area contributed by atoms with Gasteiger partial charge in [0.15, 0.2) is 0 Å². The second-order valence-electron chi connectivity index (χ2n) is 13.3. The van der Waals surface area contributed by atoms with Gasteiger partial charge in [-0.05, 0) is 63.2 Å². The number of primary amides is 1. The molecule has 0 radical (unpaired) electrons. The zero-order chi connectivity index (χ0) is 30.7. The molecule has 0 aromatic rings. The maximum absolute atomic E-state index is 14.1. The van der Waals surface area contributed by atoms with Crippen LogP contribution in [0.4, 0.5) is 4.79 Å². The molecule has 3 fully saturated rings. The summed E-state index contributed by atoms with van der Waals surface area (Å²) in [6, 6.07) is -2.81. The molecule has 230 valence electrons. The molecule has 3 rings (SSSR count). The standard InChI is InChI=1S/C29H47N5O7/c1-7-11-18(23(36)25(38)31-14-19(30)35)32-24(37)22-20-17(29(20,5)6)15-34(22)26(39)21(16-12-9-8-10-13-16)33-27(40)41-28(2,3)4/h16-18,20-22H,7-15H2,1-6H3,(H2,30,35)(H,31,38)(H,32,37)(H,33,40)/t17-,18?,20-,21-,22-/m0/s1.